The normalized spacial score (nSPS) is 12.3. The lowest BCUT2D eigenvalue weighted by Gasteiger charge is -2.06. The van der Waals surface area contributed by atoms with Crippen molar-refractivity contribution in [3.05, 3.63) is 38.2 Å². The number of oxazole rings is 1. The molecule has 3 rings (SSSR count). The van der Waals surface area contributed by atoms with Gasteiger partial charge in [0.1, 0.15) is 17.0 Å². The van der Waals surface area contributed by atoms with Gasteiger partial charge in [0.05, 0.1) is 15.6 Å². The molecule has 2 aromatic heterocycles. The van der Waals surface area contributed by atoms with Crippen LogP contribution in [0.4, 0.5) is 17.6 Å². The summed E-state index contributed by atoms with van der Waals surface area (Å²) in [7, 11) is 1.02. The summed E-state index contributed by atoms with van der Waals surface area (Å²) in [5.74, 6) is -1.95. The second-order valence-electron chi connectivity index (χ2n) is 4.57. The molecule has 23 heavy (non-hydrogen) atoms. The lowest BCUT2D eigenvalue weighted by molar-refractivity contribution is -0.143. The number of hydrogen-bond donors (Lipinski definition) is 1. The summed E-state index contributed by atoms with van der Waals surface area (Å²) < 4.78 is 58.4. The van der Waals surface area contributed by atoms with Gasteiger partial charge in [0.2, 0.25) is 0 Å². The number of alkyl halides is 3. The van der Waals surface area contributed by atoms with Crippen LogP contribution in [0.1, 0.15) is 5.69 Å². The van der Waals surface area contributed by atoms with Crippen molar-refractivity contribution in [2.75, 3.05) is 0 Å². The van der Waals surface area contributed by atoms with Gasteiger partial charge in [-0.15, -0.1) is 0 Å². The van der Waals surface area contributed by atoms with Crippen molar-refractivity contribution >= 4 is 34.3 Å². The minimum Gasteiger partial charge on any atom is -0.406 e. The Hall–Kier alpha value is -2.00. The molecule has 1 N–H and O–H groups in total. The average Bonchev–Trinajstić information content (AvgIpc) is 2.90. The van der Waals surface area contributed by atoms with Crippen LogP contribution in [0.15, 0.2) is 15.3 Å². The summed E-state index contributed by atoms with van der Waals surface area (Å²) in [6.45, 7) is 0. The van der Waals surface area contributed by atoms with Crippen molar-refractivity contribution in [1.29, 1.82) is 0 Å². The molecule has 3 aromatic rings. The molecule has 122 valence electrons. The van der Waals surface area contributed by atoms with E-state index in [0.29, 0.717) is 4.68 Å². The van der Waals surface area contributed by atoms with Crippen LogP contribution in [-0.4, -0.2) is 14.8 Å². The molecule has 0 unspecified atom stereocenters. The van der Waals surface area contributed by atoms with Crippen LogP contribution in [0.5, 0.6) is 0 Å². The zero-order valence-corrected chi connectivity index (χ0v) is 12.6. The fraction of sp³-hybridized carbons (Fsp3) is 0.167. The number of aryl methyl sites for hydroxylation is 1. The molecule has 11 heteroatoms. The molecule has 0 atom stereocenters. The highest BCUT2D eigenvalue weighted by atomic mass is 35.5. The zero-order chi connectivity index (χ0) is 17.1. The van der Waals surface area contributed by atoms with Gasteiger partial charge in [-0.1, -0.05) is 23.2 Å². The molecule has 2 heterocycles. The van der Waals surface area contributed by atoms with Gasteiger partial charge < -0.3 is 4.42 Å². The molecule has 0 fully saturated rings. The molecule has 0 spiro atoms. The number of rotatable bonds is 1. The van der Waals surface area contributed by atoms with Crippen LogP contribution < -0.4 is 5.76 Å². The first-order chi connectivity index (χ1) is 10.6. The lowest BCUT2D eigenvalue weighted by atomic mass is 10.1. The summed E-state index contributed by atoms with van der Waals surface area (Å²) in [6.07, 6.45) is -4.79. The minimum atomic E-state index is -4.79. The lowest BCUT2D eigenvalue weighted by Crippen LogP contribution is -2.12. The zero-order valence-electron chi connectivity index (χ0n) is 11.1. The SMILES string of the molecule is Cn1nc(-c2c(F)cc(Cl)c3oc(=O)[nH]c23)c(Cl)c1C(F)(F)F. The van der Waals surface area contributed by atoms with Crippen LogP contribution >= 0.6 is 23.2 Å². The quantitative estimate of drug-likeness (QED) is 0.659. The standard InChI is InChI=1S/C12H5Cl2F4N3O2/c1-21-10(12(16,17)18)6(14)7(20-21)5-4(15)2-3(13)9-8(5)19-11(22)23-9/h2H,1H3,(H,19,22). The van der Waals surface area contributed by atoms with E-state index in [0.717, 1.165) is 13.1 Å². The van der Waals surface area contributed by atoms with Crippen LogP contribution in [-0.2, 0) is 13.2 Å². The van der Waals surface area contributed by atoms with Gasteiger partial charge >= 0.3 is 11.9 Å². The number of H-pyrrole nitrogens is 1. The van der Waals surface area contributed by atoms with Gasteiger partial charge in [0.15, 0.2) is 11.3 Å². The number of benzene rings is 1. The molecule has 0 bridgehead atoms. The predicted molar refractivity (Wildman–Crippen MR) is 74.0 cm³/mol. The molecule has 0 amide bonds. The van der Waals surface area contributed by atoms with Crippen LogP contribution in [0.25, 0.3) is 22.4 Å². The highest BCUT2D eigenvalue weighted by Gasteiger charge is 2.39. The molecular weight excluding hydrogens is 365 g/mol. The van der Waals surface area contributed by atoms with Crippen molar-refractivity contribution in [3.8, 4) is 11.3 Å². The maximum atomic E-state index is 14.3. The number of aromatic nitrogens is 3. The van der Waals surface area contributed by atoms with Gasteiger partial charge in [-0.3, -0.25) is 9.67 Å². The van der Waals surface area contributed by atoms with Gasteiger partial charge in [-0.05, 0) is 6.07 Å². The smallest absolute Gasteiger partial charge is 0.406 e. The van der Waals surface area contributed by atoms with E-state index in [2.05, 4.69) is 10.1 Å². The number of halogens is 6. The Balaban J connectivity index is 2.41. The summed E-state index contributed by atoms with van der Waals surface area (Å²) in [5.41, 5.74) is -2.61. The van der Waals surface area contributed by atoms with E-state index in [9.17, 15) is 22.4 Å². The summed E-state index contributed by atoms with van der Waals surface area (Å²) in [5, 5.41) is 2.59. The molecule has 5 nitrogen and oxygen atoms in total. The highest BCUT2D eigenvalue weighted by molar-refractivity contribution is 6.36. The largest absolute Gasteiger partial charge is 0.434 e. The third kappa shape index (κ3) is 2.40. The number of hydrogen-bond acceptors (Lipinski definition) is 3. The molecule has 1 aromatic carbocycles. The fourth-order valence-corrected chi connectivity index (χ4v) is 2.83. The van der Waals surface area contributed by atoms with E-state index in [-0.39, 0.29) is 16.1 Å². The number of nitrogens with zero attached hydrogens (tertiary/aromatic N) is 2. The van der Waals surface area contributed by atoms with E-state index in [1.165, 1.54) is 0 Å². The van der Waals surface area contributed by atoms with E-state index < -0.39 is 39.7 Å². The first kappa shape index (κ1) is 15.9. The summed E-state index contributed by atoms with van der Waals surface area (Å²) >= 11 is 11.5. The van der Waals surface area contributed by atoms with Crippen LogP contribution in [0, 0.1) is 5.82 Å². The Labute approximate surface area is 134 Å². The number of nitrogens with one attached hydrogen (secondary N) is 1. The van der Waals surface area contributed by atoms with Gasteiger partial charge in [0.25, 0.3) is 0 Å². The van der Waals surface area contributed by atoms with Gasteiger partial charge in [-0.2, -0.15) is 18.3 Å². The van der Waals surface area contributed by atoms with Crippen molar-refractivity contribution in [2.24, 2.45) is 7.05 Å². The maximum absolute atomic E-state index is 14.3. The molecule has 0 aliphatic heterocycles. The van der Waals surface area contributed by atoms with Crippen LogP contribution in [0.3, 0.4) is 0 Å². The first-order valence-corrected chi connectivity index (χ1v) is 6.67. The average molecular weight is 370 g/mol. The molecule has 0 saturated heterocycles. The second kappa shape index (κ2) is 5.00. The molecule has 0 saturated carbocycles. The van der Waals surface area contributed by atoms with Crippen molar-refractivity contribution < 1.29 is 22.0 Å². The second-order valence-corrected chi connectivity index (χ2v) is 5.35. The first-order valence-electron chi connectivity index (χ1n) is 5.92. The Bertz CT molecular complexity index is 987. The van der Waals surface area contributed by atoms with Crippen molar-refractivity contribution in [1.82, 2.24) is 14.8 Å². The van der Waals surface area contributed by atoms with Crippen LogP contribution in [0.2, 0.25) is 10.0 Å². The van der Waals surface area contributed by atoms with Crippen molar-refractivity contribution in [2.45, 2.75) is 6.18 Å². The Morgan fingerprint density at radius 1 is 1.35 bits per heavy atom. The van der Waals surface area contributed by atoms with E-state index in [1.807, 2.05) is 0 Å². The topological polar surface area (TPSA) is 63.8 Å². The molecule has 0 aliphatic carbocycles. The molecule has 0 radical (unpaired) electrons. The molecular formula is C12H5Cl2F4N3O2. The van der Waals surface area contributed by atoms with E-state index in [4.69, 9.17) is 27.6 Å². The monoisotopic (exact) mass is 369 g/mol. The van der Waals surface area contributed by atoms with Gasteiger partial charge in [-0.25, -0.2) is 9.18 Å². The summed E-state index contributed by atoms with van der Waals surface area (Å²) in [4.78, 5) is 13.5. The number of aromatic amines is 1. The van der Waals surface area contributed by atoms with E-state index >= 15 is 0 Å². The highest BCUT2D eigenvalue weighted by Crippen LogP contribution is 2.42. The van der Waals surface area contributed by atoms with E-state index in [1.54, 1.807) is 0 Å². The fourth-order valence-electron chi connectivity index (χ4n) is 2.24. The number of fused-ring (bicyclic) bond motifs is 1. The summed E-state index contributed by atoms with van der Waals surface area (Å²) in [6, 6.07) is 0.800. The molecule has 0 aliphatic rings. The minimum absolute atomic E-state index is 0.205. The Kier molecular flexibility index (Phi) is 3.45. The Morgan fingerprint density at radius 2 is 2.00 bits per heavy atom. The third-order valence-electron chi connectivity index (χ3n) is 3.10. The predicted octanol–water partition coefficient (Wildman–Crippen LogP) is 3.99. The van der Waals surface area contributed by atoms with Gasteiger partial charge in [0, 0.05) is 7.05 Å². The van der Waals surface area contributed by atoms with Crippen molar-refractivity contribution in [3.63, 3.8) is 0 Å². The Morgan fingerprint density at radius 3 is 2.57 bits per heavy atom. The maximum Gasteiger partial charge on any atom is 0.434 e. The third-order valence-corrected chi connectivity index (χ3v) is 3.74.